The van der Waals surface area contributed by atoms with Crippen LogP contribution in [0.1, 0.15) is 32.4 Å². The highest BCUT2D eigenvalue weighted by Crippen LogP contribution is 2.40. The second kappa shape index (κ2) is 9.64. The normalized spacial score (nSPS) is 17.0. The van der Waals surface area contributed by atoms with Crippen LogP contribution in [0.3, 0.4) is 0 Å². The summed E-state index contributed by atoms with van der Waals surface area (Å²) in [5.41, 5.74) is 1.20. The van der Waals surface area contributed by atoms with Crippen LogP contribution in [-0.2, 0) is 19.1 Å². The lowest BCUT2D eigenvalue weighted by Crippen LogP contribution is -2.45. The first kappa shape index (κ1) is 22.5. The van der Waals surface area contributed by atoms with Crippen LogP contribution in [0.4, 0.5) is 4.79 Å². The molecule has 2 amide bonds. The Labute approximate surface area is 176 Å². The summed E-state index contributed by atoms with van der Waals surface area (Å²) < 4.78 is 21.4. The van der Waals surface area contributed by atoms with Gasteiger partial charge in [0.05, 0.1) is 36.9 Å². The van der Waals surface area contributed by atoms with Crippen molar-refractivity contribution in [1.29, 1.82) is 0 Å². The number of esters is 2. The van der Waals surface area contributed by atoms with E-state index in [1.165, 1.54) is 14.2 Å². The molecule has 1 aromatic carbocycles. The number of allylic oxidation sites excluding steroid dienone is 1. The number of halogens is 1. The van der Waals surface area contributed by atoms with Gasteiger partial charge in [0, 0.05) is 5.70 Å². The number of ether oxygens (including phenoxy) is 4. The van der Waals surface area contributed by atoms with Crippen molar-refractivity contribution in [2.75, 3.05) is 20.8 Å². The molecule has 0 spiro atoms. The minimum Gasteiger partial charge on any atom is -0.493 e. The van der Waals surface area contributed by atoms with Crippen LogP contribution >= 0.6 is 15.9 Å². The Morgan fingerprint density at radius 1 is 1.28 bits per heavy atom. The monoisotopic (exact) mass is 470 g/mol. The van der Waals surface area contributed by atoms with Crippen molar-refractivity contribution < 1.29 is 33.3 Å². The lowest BCUT2D eigenvalue weighted by Gasteiger charge is -2.28. The molecular weight excluding hydrogens is 448 g/mol. The topological polar surface area (TPSA) is 112 Å². The predicted octanol–water partition coefficient (Wildman–Crippen LogP) is 2.59. The molecule has 1 aromatic rings. The van der Waals surface area contributed by atoms with E-state index in [0.29, 0.717) is 21.5 Å². The van der Waals surface area contributed by atoms with Gasteiger partial charge in [0.1, 0.15) is 0 Å². The Bertz CT molecular complexity index is 853. The van der Waals surface area contributed by atoms with Crippen LogP contribution in [0, 0.1) is 0 Å². The number of urea groups is 1. The van der Waals surface area contributed by atoms with Crippen molar-refractivity contribution in [3.8, 4) is 11.5 Å². The highest BCUT2D eigenvalue weighted by molar-refractivity contribution is 9.10. The van der Waals surface area contributed by atoms with E-state index < -0.39 is 30.1 Å². The van der Waals surface area contributed by atoms with Gasteiger partial charge in [0.25, 0.3) is 0 Å². The fourth-order valence-electron chi connectivity index (χ4n) is 2.83. The summed E-state index contributed by atoms with van der Waals surface area (Å²) in [6.45, 7) is 5.12. The number of rotatable bonds is 7. The molecule has 0 aromatic heterocycles. The number of hydrogen-bond acceptors (Lipinski definition) is 7. The number of carbonyl (C=O) groups excluding carboxylic acids is 3. The largest absolute Gasteiger partial charge is 0.493 e. The molecule has 2 N–H and O–H groups in total. The number of hydrogen-bond donors (Lipinski definition) is 2. The maximum atomic E-state index is 12.3. The van der Waals surface area contributed by atoms with Gasteiger partial charge >= 0.3 is 18.0 Å². The summed E-state index contributed by atoms with van der Waals surface area (Å²) >= 11 is 3.41. The van der Waals surface area contributed by atoms with Crippen LogP contribution in [0.5, 0.6) is 11.5 Å². The minimum absolute atomic E-state index is 0.237. The zero-order chi connectivity index (χ0) is 21.7. The van der Waals surface area contributed by atoms with Crippen molar-refractivity contribution in [3.63, 3.8) is 0 Å². The van der Waals surface area contributed by atoms with E-state index in [1.54, 1.807) is 32.9 Å². The van der Waals surface area contributed by atoms with Crippen molar-refractivity contribution in [2.45, 2.75) is 32.9 Å². The van der Waals surface area contributed by atoms with E-state index >= 15 is 0 Å². The molecule has 29 heavy (non-hydrogen) atoms. The summed E-state index contributed by atoms with van der Waals surface area (Å²) in [5.74, 6) is -0.494. The van der Waals surface area contributed by atoms with E-state index in [2.05, 4.69) is 26.6 Å². The Kier molecular flexibility index (Phi) is 7.49. The molecule has 2 unspecified atom stereocenters. The van der Waals surface area contributed by atoms with Crippen LogP contribution in [0.15, 0.2) is 27.9 Å². The molecule has 1 aliphatic rings. The summed E-state index contributed by atoms with van der Waals surface area (Å²) in [4.78, 5) is 36.1. The van der Waals surface area contributed by atoms with Crippen LogP contribution in [-0.4, -0.2) is 44.9 Å². The minimum atomic E-state index is -0.864. The zero-order valence-electron chi connectivity index (χ0n) is 16.8. The average molecular weight is 471 g/mol. The quantitative estimate of drug-likeness (QED) is 0.588. The summed E-state index contributed by atoms with van der Waals surface area (Å²) in [5, 5.41) is 5.26. The second-order valence-electron chi connectivity index (χ2n) is 6.11. The lowest BCUT2D eigenvalue weighted by molar-refractivity contribution is -0.150. The molecule has 1 aliphatic heterocycles. The van der Waals surface area contributed by atoms with Gasteiger partial charge in [0.15, 0.2) is 17.6 Å². The Hall–Kier alpha value is -2.75. The predicted molar refractivity (Wildman–Crippen MR) is 107 cm³/mol. The maximum absolute atomic E-state index is 12.3. The van der Waals surface area contributed by atoms with Gasteiger partial charge in [-0.25, -0.2) is 14.4 Å². The molecular formula is C19H23BrN2O7. The van der Waals surface area contributed by atoms with Crippen LogP contribution in [0.2, 0.25) is 0 Å². The van der Waals surface area contributed by atoms with Gasteiger partial charge in [-0.15, -0.1) is 0 Å². The van der Waals surface area contributed by atoms with Crippen LogP contribution in [0.25, 0.3) is 0 Å². The molecule has 1 heterocycles. The molecule has 0 saturated carbocycles. The molecule has 2 atom stereocenters. The van der Waals surface area contributed by atoms with Gasteiger partial charge in [-0.3, -0.25) is 0 Å². The van der Waals surface area contributed by atoms with E-state index in [9.17, 15) is 14.4 Å². The number of nitrogens with one attached hydrogen (secondary N) is 2. The second-order valence-corrected chi connectivity index (χ2v) is 6.96. The first-order chi connectivity index (χ1) is 13.7. The van der Waals surface area contributed by atoms with E-state index in [-0.39, 0.29) is 17.9 Å². The fourth-order valence-corrected chi connectivity index (χ4v) is 3.38. The molecule has 0 bridgehead atoms. The third kappa shape index (κ3) is 5.00. The van der Waals surface area contributed by atoms with E-state index in [0.717, 1.165) is 0 Å². The Morgan fingerprint density at radius 3 is 2.55 bits per heavy atom. The summed E-state index contributed by atoms with van der Waals surface area (Å²) in [6.07, 6.45) is -0.864. The molecule has 0 fully saturated rings. The van der Waals surface area contributed by atoms with Crippen molar-refractivity contribution in [3.05, 3.63) is 33.4 Å². The van der Waals surface area contributed by atoms with Gasteiger partial charge in [-0.05, 0) is 54.4 Å². The third-order valence-electron chi connectivity index (χ3n) is 4.17. The van der Waals surface area contributed by atoms with Crippen LogP contribution < -0.4 is 20.1 Å². The molecule has 0 aliphatic carbocycles. The number of methoxy groups -OCH3 is 2. The molecule has 2 rings (SSSR count). The SMILES string of the molecule is CCOC(=O)C(C)Oc1c(Br)cc(C2NC(=O)NC(C)=C2C(=O)OC)cc1OC. The lowest BCUT2D eigenvalue weighted by atomic mass is 9.95. The maximum Gasteiger partial charge on any atom is 0.347 e. The number of carbonyl (C=O) groups is 3. The summed E-state index contributed by atoms with van der Waals surface area (Å²) in [6, 6.07) is 2.07. The smallest absolute Gasteiger partial charge is 0.347 e. The number of amides is 2. The van der Waals surface area contributed by atoms with Gasteiger partial charge in [0.2, 0.25) is 0 Å². The van der Waals surface area contributed by atoms with E-state index in [1.807, 2.05) is 0 Å². The fraction of sp³-hybridized carbons (Fsp3) is 0.421. The van der Waals surface area contributed by atoms with Gasteiger partial charge in [-0.1, -0.05) is 0 Å². The van der Waals surface area contributed by atoms with E-state index in [4.69, 9.17) is 18.9 Å². The van der Waals surface area contributed by atoms with Crippen molar-refractivity contribution >= 4 is 33.9 Å². The highest BCUT2D eigenvalue weighted by atomic mass is 79.9. The zero-order valence-corrected chi connectivity index (χ0v) is 18.3. The number of benzene rings is 1. The summed E-state index contributed by atoms with van der Waals surface area (Å²) in [7, 11) is 2.71. The molecule has 9 nitrogen and oxygen atoms in total. The third-order valence-corrected chi connectivity index (χ3v) is 4.76. The molecule has 0 radical (unpaired) electrons. The van der Waals surface area contributed by atoms with Gasteiger partial charge in [-0.2, -0.15) is 0 Å². The molecule has 158 valence electrons. The first-order valence-electron chi connectivity index (χ1n) is 8.80. The average Bonchev–Trinajstić information content (AvgIpc) is 2.68. The van der Waals surface area contributed by atoms with Crippen molar-refractivity contribution in [1.82, 2.24) is 10.6 Å². The Morgan fingerprint density at radius 2 is 1.97 bits per heavy atom. The van der Waals surface area contributed by atoms with Gasteiger partial charge < -0.3 is 29.6 Å². The molecule has 10 heteroatoms. The first-order valence-corrected chi connectivity index (χ1v) is 9.60. The molecule has 0 saturated heterocycles. The van der Waals surface area contributed by atoms with Crippen molar-refractivity contribution in [2.24, 2.45) is 0 Å². The highest BCUT2D eigenvalue weighted by Gasteiger charge is 2.33. The standard InChI is InChI=1S/C19H23BrN2O7/c1-6-28-17(23)10(3)29-16-12(20)7-11(8-13(16)26-4)15-14(18(24)27-5)9(2)21-19(25)22-15/h7-8,10,15H,6H2,1-5H3,(H2,21,22,25). The Balaban J connectivity index is 2.46.